The molecule has 1 aromatic rings. The summed E-state index contributed by atoms with van der Waals surface area (Å²) in [6.07, 6.45) is 9.93. The van der Waals surface area contributed by atoms with Gasteiger partial charge in [-0.1, -0.05) is 31.9 Å². The average Bonchev–Trinajstić information content (AvgIpc) is 2.53. The van der Waals surface area contributed by atoms with E-state index in [1.165, 1.54) is 26.4 Å². The van der Waals surface area contributed by atoms with Crippen molar-refractivity contribution in [2.45, 2.75) is 38.5 Å². The second kappa shape index (κ2) is 6.11. The highest BCUT2D eigenvalue weighted by molar-refractivity contribution is 5.78. The second-order valence-corrected chi connectivity index (χ2v) is 6.42. The Morgan fingerprint density at radius 2 is 2.05 bits per heavy atom. The van der Waals surface area contributed by atoms with Crippen molar-refractivity contribution < 1.29 is 13.9 Å². The molecule has 3 rings (SSSR count). The number of hydrogen-bond donors (Lipinski definition) is 0. The van der Waals surface area contributed by atoms with Crippen molar-refractivity contribution in [3.63, 3.8) is 0 Å². The number of carbonyl (C=O) groups excluding carboxylic acids is 1. The molecule has 1 unspecified atom stereocenters. The van der Waals surface area contributed by atoms with E-state index in [-0.39, 0.29) is 11.5 Å². The lowest BCUT2D eigenvalue weighted by atomic mass is 9.64. The van der Waals surface area contributed by atoms with Crippen LogP contribution in [0.4, 0.5) is 0 Å². The molecule has 118 valence electrons. The van der Waals surface area contributed by atoms with Crippen LogP contribution in [-0.4, -0.2) is 13.4 Å². The average molecular weight is 302 g/mol. The fraction of sp³-hybridized carbons (Fsp3) is 0.556. The van der Waals surface area contributed by atoms with Crippen LogP contribution in [-0.2, 0) is 0 Å². The lowest BCUT2D eigenvalue weighted by Crippen LogP contribution is -2.31. The van der Waals surface area contributed by atoms with Crippen molar-refractivity contribution in [2.75, 3.05) is 7.11 Å². The predicted octanol–water partition coefficient (Wildman–Crippen LogP) is 3.56. The standard InChI is InChI=1S/C18H22O4/c1-11-7-8-12-5-3-4-6-13(12)17(11)16-9-15(21-2)14(10-19)18(20)22-16/h7-13,17H,3-6H2,1-2H3/t11-,12+,13?,17-/m1/s1. The minimum Gasteiger partial charge on any atom is -0.496 e. The Labute approximate surface area is 130 Å². The van der Waals surface area contributed by atoms with Gasteiger partial charge in [-0.25, -0.2) is 4.79 Å². The minimum atomic E-state index is -0.599. The van der Waals surface area contributed by atoms with Gasteiger partial charge in [-0.05, 0) is 30.6 Å². The number of fused-ring (bicyclic) bond motifs is 1. The molecule has 0 spiro atoms. The summed E-state index contributed by atoms with van der Waals surface area (Å²) in [5.41, 5.74) is -0.635. The first-order chi connectivity index (χ1) is 10.7. The highest BCUT2D eigenvalue weighted by atomic mass is 16.5. The second-order valence-electron chi connectivity index (χ2n) is 6.42. The number of rotatable bonds is 3. The third kappa shape index (κ3) is 2.51. The van der Waals surface area contributed by atoms with Gasteiger partial charge in [0.05, 0.1) is 7.11 Å². The zero-order chi connectivity index (χ0) is 15.7. The molecule has 22 heavy (non-hydrogen) atoms. The van der Waals surface area contributed by atoms with Gasteiger partial charge in [0.2, 0.25) is 0 Å². The topological polar surface area (TPSA) is 56.5 Å². The first-order valence-electron chi connectivity index (χ1n) is 8.01. The van der Waals surface area contributed by atoms with E-state index in [4.69, 9.17) is 9.15 Å². The van der Waals surface area contributed by atoms with Gasteiger partial charge in [0.25, 0.3) is 0 Å². The van der Waals surface area contributed by atoms with E-state index in [0.717, 1.165) is 6.42 Å². The van der Waals surface area contributed by atoms with E-state index in [1.807, 2.05) is 0 Å². The van der Waals surface area contributed by atoms with Crippen LogP contribution in [0.15, 0.2) is 27.4 Å². The van der Waals surface area contributed by atoms with E-state index in [1.54, 1.807) is 6.07 Å². The Morgan fingerprint density at radius 1 is 1.27 bits per heavy atom. The molecule has 0 saturated heterocycles. The van der Waals surface area contributed by atoms with Crippen LogP contribution in [0.1, 0.15) is 54.6 Å². The first kappa shape index (κ1) is 15.1. The third-order valence-electron chi connectivity index (χ3n) is 5.20. The Kier molecular flexibility index (Phi) is 4.19. The van der Waals surface area contributed by atoms with Crippen molar-refractivity contribution in [1.29, 1.82) is 0 Å². The molecule has 0 radical (unpaired) electrons. The van der Waals surface area contributed by atoms with Gasteiger partial charge >= 0.3 is 5.63 Å². The van der Waals surface area contributed by atoms with E-state index < -0.39 is 5.63 Å². The summed E-state index contributed by atoms with van der Waals surface area (Å²) >= 11 is 0. The monoisotopic (exact) mass is 302 g/mol. The summed E-state index contributed by atoms with van der Waals surface area (Å²) < 4.78 is 10.7. The molecular weight excluding hydrogens is 280 g/mol. The lowest BCUT2D eigenvalue weighted by molar-refractivity contribution is 0.111. The highest BCUT2D eigenvalue weighted by Gasteiger charge is 2.38. The molecule has 0 aromatic carbocycles. The molecular formula is C18H22O4. The van der Waals surface area contributed by atoms with Crippen molar-refractivity contribution in [3.05, 3.63) is 40.0 Å². The summed E-state index contributed by atoms with van der Waals surface area (Å²) in [4.78, 5) is 23.1. The molecule has 0 bridgehead atoms. The molecule has 1 saturated carbocycles. The summed E-state index contributed by atoms with van der Waals surface area (Å²) in [7, 11) is 1.47. The molecule has 2 aliphatic carbocycles. The molecule has 1 fully saturated rings. The predicted molar refractivity (Wildman–Crippen MR) is 83.4 cm³/mol. The lowest BCUT2D eigenvalue weighted by Gasteiger charge is -2.40. The zero-order valence-electron chi connectivity index (χ0n) is 13.1. The Morgan fingerprint density at radius 3 is 2.77 bits per heavy atom. The zero-order valence-corrected chi connectivity index (χ0v) is 13.1. The van der Waals surface area contributed by atoms with Crippen LogP contribution in [0.25, 0.3) is 0 Å². The minimum absolute atomic E-state index is 0.0366. The van der Waals surface area contributed by atoms with Gasteiger partial charge in [-0.2, -0.15) is 0 Å². The molecule has 0 N–H and O–H groups in total. The van der Waals surface area contributed by atoms with Gasteiger partial charge in [0, 0.05) is 12.0 Å². The SMILES string of the molecule is COc1cc([C@H]2C3CCCC[C@H]3C=C[C@H]2C)oc(=O)c1C=O. The van der Waals surface area contributed by atoms with Crippen LogP contribution in [0.2, 0.25) is 0 Å². The van der Waals surface area contributed by atoms with Crippen molar-refractivity contribution in [2.24, 2.45) is 17.8 Å². The number of hydrogen-bond acceptors (Lipinski definition) is 4. The summed E-state index contributed by atoms with van der Waals surface area (Å²) in [5.74, 6) is 2.53. The number of ether oxygens (including phenoxy) is 1. The maximum atomic E-state index is 12.1. The van der Waals surface area contributed by atoms with Crippen LogP contribution < -0.4 is 10.4 Å². The fourth-order valence-corrected chi connectivity index (χ4v) is 4.11. The van der Waals surface area contributed by atoms with Gasteiger partial charge in [-0.15, -0.1) is 0 Å². The summed E-state index contributed by atoms with van der Waals surface area (Å²) in [5, 5.41) is 0. The molecule has 1 heterocycles. The third-order valence-corrected chi connectivity index (χ3v) is 5.20. The van der Waals surface area contributed by atoms with Crippen LogP contribution in [0.3, 0.4) is 0 Å². The quantitative estimate of drug-likeness (QED) is 0.633. The Bertz CT molecular complexity index is 643. The van der Waals surface area contributed by atoms with Gasteiger partial charge in [0.1, 0.15) is 17.1 Å². The molecule has 4 nitrogen and oxygen atoms in total. The van der Waals surface area contributed by atoms with Crippen molar-refractivity contribution >= 4 is 6.29 Å². The largest absolute Gasteiger partial charge is 0.496 e. The van der Waals surface area contributed by atoms with Crippen molar-refractivity contribution in [1.82, 2.24) is 0 Å². The molecule has 0 aliphatic heterocycles. The van der Waals surface area contributed by atoms with Crippen LogP contribution in [0.5, 0.6) is 5.75 Å². The molecule has 4 heteroatoms. The fourth-order valence-electron chi connectivity index (χ4n) is 4.11. The van der Waals surface area contributed by atoms with Gasteiger partial charge < -0.3 is 9.15 Å². The normalized spacial score (nSPS) is 30.6. The smallest absolute Gasteiger partial charge is 0.350 e. The van der Waals surface area contributed by atoms with E-state index in [9.17, 15) is 9.59 Å². The highest BCUT2D eigenvalue weighted by Crippen LogP contribution is 2.48. The molecule has 4 atom stereocenters. The number of allylic oxidation sites excluding steroid dienone is 2. The van der Waals surface area contributed by atoms with Gasteiger partial charge in [0.15, 0.2) is 6.29 Å². The number of carbonyl (C=O) groups is 1. The van der Waals surface area contributed by atoms with Gasteiger partial charge in [-0.3, -0.25) is 4.79 Å². The van der Waals surface area contributed by atoms with E-state index in [0.29, 0.717) is 35.5 Å². The summed E-state index contributed by atoms with van der Waals surface area (Å²) in [6, 6.07) is 1.73. The number of methoxy groups -OCH3 is 1. The molecule has 1 aromatic heterocycles. The Balaban J connectivity index is 2.05. The number of aldehydes is 1. The van der Waals surface area contributed by atoms with Crippen molar-refractivity contribution in [3.8, 4) is 5.75 Å². The molecule has 0 amide bonds. The maximum absolute atomic E-state index is 12.1. The maximum Gasteiger partial charge on any atom is 0.350 e. The van der Waals surface area contributed by atoms with E-state index in [2.05, 4.69) is 19.1 Å². The summed E-state index contributed by atoms with van der Waals surface area (Å²) in [6.45, 7) is 2.16. The van der Waals surface area contributed by atoms with Crippen LogP contribution >= 0.6 is 0 Å². The first-order valence-corrected chi connectivity index (χ1v) is 8.01. The van der Waals surface area contributed by atoms with Crippen LogP contribution in [0, 0.1) is 17.8 Å². The Hall–Kier alpha value is -1.84. The molecule has 2 aliphatic rings. The van der Waals surface area contributed by atoms with E-state index >= 15 is 0 Å².